The fraction of sp³-hybridized carbons (Fsp3) is 0.130. The van der Waals surface area contributed by atoms with Crippen LogP contribution in [-0.2, 0) is 17.5 Å². The Hall–Kier alpha value is -3.61. The number of para-hydroxylation sites is 2. The van der Waals surface area contributed by atoms with Crippen LogP contribution in [0.1, 0.15) is 11.1 Å². The Morgan fingerprint density at radius 2 is 1.73 bits per heavy atom. The number of nitrogens with zero attached hydrogens (tertiary/aromatic N) is 2. The van der Waals surface area contributed by atoms with Gasteiger partial charge in [-0.15, -0.1) is 0 Å². The predicted octanol–water partition coefficient (Wildman–Crippen LogP) is 5.67. The number of carbonyl (C=O) groups is 1. The molecule has 0 aliphatic rings. The average Bonchev–Trinajstić information content (AvgIpc) is 3.06. The molecule has 4 rings (SSSR count). The zero-order valence-corrected chi connectivity index (χ0v) is 16.1. The molecule has 3 aromatic carbocycles. The number of carbonyl (C=O) groups excluding carboxylic acids is 1. The summed E-state index contributed by atoms with van der Waals surface area (Å²) in [5, 5.41) is 2.56. The molecule has 0 aliphatic heterocycles. The first kappa shape index (κ1) is 19.7. The zero-order chi connectivity index (χ0) is 21.3. The first-order valence-corrected chi connectivity index (χ1v) is 9.31. The minimum absolute atomic E-state index is 0.0834. The topological polar surface area (TPSA) is 46.9 Å². The molecule has 1 amide bonds. The Labute approximate surface area is 171 Å². The molecule has 0 radical (unpaired) electrons. The number of aromatic nitrogens is 2. The maximum atomic E-state index is 12.9. The van der Waals surface area contributed by atoms with Crippen molar-refractivity contribution < 1.29 is 18.0 Å². The van der Waals surface area contributed by atoms with Gasteiger partial charge in [0.25, 0.3) is 0 Å². The molecule has 1 aromatic heterocycles. The third-order valence-electron chi connectivity index (χ3n) is 4.74. The number of imidazole rings is 1. The van der Waals surface area contributed by atoms with E-state index in [1.807, 2.05) is 55.5 Å². The lowest BCUT2D eigenvalue weighted by atomic mass is 10.1. The van der Waals surface area contributed by atoms with Crippen molar-refractivity contribution in [2.75, 3.05) is 5.32 Å². The summed E-state index contributed by atoms with van der Waals surface area (Å²) in [6.45, 7) is 1.90. The SMILES string of the molecule is Cc1ccc(-c2nc3ccccc3n2CC(=O)Nc2cccc(C(F)(F)F)c2)cc1. The number of hydrogen-bond acceptors (Lipinski definition) is 2. The minimum atomic E-state index is -4.47. The van der Waals surface area contributed by atoms with Gasteiger partial charge in [-0.25, -0.2) is 4.98 Å². The van der Waals surface area contributed by atoms with Crippen molar-refractivity contribution in [1.82, 2.24) is 9.55 Å². The number of halogens is 3. The lowest BCUT2D eigenvalue weighted by molar-refractivity contribution is -0.137. The Kier molecular flexibility index (Phi) is 5.03. The number of anilines is 1. The van der Waals surface area contributed by atoms with E-state index in [0.29, 0.717) is 5.82 Å². The third-order valence-corrected chi connectivity index (χ3v) is 4.74. The Balaban J connectivity index is 1.66. The zero-order valence-electron chi connectivity index (χ0n) is 16.1. The van der Waals surface area contributed by atoms with Crippen LogP contribution < -0.4 is 5.32 Å². The molecule has 1 N–H and O–H groups in total. The quantitative estimate of drug-likeness (QED) is 0.472. The highest BCUT2D eigenvalue weighted by atomic mass is 19.4. The number of fused-ring (bicyclic) bond motifs is 1. The largest absolute Gasteiger partial charge is 0.416 e. The van der Waals surface area contributed by atoms with Crippen LogP contribution in [0.15, 0.2) is 72.8 Å². The Morgan fingerprint density at radius 3 is 2.47 bits per heavy atom. The summed E-state index contributed by atoms with van der Waals surface area (Å²) in [6.07, 6.45) is -4.47. The van der Waals surface area contributed by atoms with Gasteiger partial charge in [0.1, 0.15) is 12.4 Å². The van der Waals surface area contributed by atoms with Gasteiger partial charge in [-0.1, -0.05) is 48.0 Å². The van der Waals surface area contributed by atoms with E-state index >= 15 is 0 Å². The lowest BCUT2D eigenvalue weighted by Crippen LogP contribution is -2.19. The number of rotatable bonds is 4. The van der Waals surface area contributed by atoms with E-state index in [-0.39, 0.29) is 12.2 Å². The second-order valence-electron chi connectivity index (χ2n) is 7.00. The van der Waals surface area contributed by atoms with E-state index in [4.69, 9.17) is 0 Å². The van der Waals surface area contributed by atoms with Gasteiger partial charge in [-0.05, 0) is 37.3 Å². The normalized spacial score (nSPS) is 11.6. The van der Waals surface area contributed by atoms with Gasteiger partial charge in [0, 0.05) is 11.3 Å². The molecule has 30 heavy (non-hydrogen) atoms. The molecular formula is C23H18F3N3O. The monoisotopic (exact) mass is 409 g/mol. The summed E-state index contributed by atoms with van der Waals surface area (Å²) in [5.74, 6) is 0.182. The molecule has 0 unspecified atom stereocenters. The molecular weight excluding hydrogens is 391 g/mol. The van der Waals surface area contributed by atoms with Gasteiger partial charge >= 0.3 is 6.18 Å². The molecule has 0 saturated heterocycles. The first-order chi connectivity index (χ1) is 14.3. The van der Waals surface area contributed by atoms with Crippen molar-refractivity contribution in [3.8, 4) is 11.4 Å². The van der Waals surface area contributed by atoms with E-state index in [9.17, 15) is 18.0 Å². The van der Waals surface area contributed by atoms with Gasteiger partial charge in [0.2, 0.25) is 5.91 Å². The van der Waals surface area contributed by atoms with Crippen molar-refractivity contribution in [3.05, 3.63) is 83.9 Å². The molecule has 1 heterocycles. The second-order valence-corrected chi connectivity index (χ2v) is 7.00. The molecule has 4 nitrogen and oxygen atoms in total. The van der Waals surface area contributed by atoms with E-state index < -0.39 is 17.6 Å². The standard InChI is InChI=1S/C23H18F3N3O/c1-15-9-11-16(12-10-15)22-28-19-7-2-3-8-20(19)29(22)14-21(30)27-18-6-4-5-17(13-18)23(24,25)26/h2-13H,14H2,1H3,(H,27,30). The number of aryl methyl sites for hydroxylation is 1. The van der Waals surface area contributed by atoms with Gasteiger partial charge in [0.15, 0.2) is 0 Å². The van der Waals surface area contributed by atoms with Crippen molar-refractivity contribution >= 4 is 22.6 Å². The number of amides is 1. The summed E-state index contributed by atoms with van der Waals surface area (Å²) in [6, 6.07) is 19.8. The fourth-order valence-electron chi connectivity index (χ4n) is 3.28. The van der Waals surface area contributed by atoms with Gasteiger partial charge in [-0.3, -0.25) is 4.79 Å². The molecule has 0 atom stereocenters. The highest BCUT2D eigenvalue weighted by Gasteiger charge is 2.30. The van der Waals surface area contributed by atoms with E-state index in [1.54, 1.807) is 4.57 Å². The number of hydrogen-bond donors (Lipinski definition) is 1. The van der Waals surface area contributed by atoms with Crippen LogP contribution in [0.5, 0.6) is 0 Å². The second kappa shape index (κ2) is 7.67. The summed E-state index contributed by atoms with van der Waals surface area (Å²) in [4.78, 5) is 17.3. The highest BCUT2D eigenvalue weighted by Crippen LogP contribution is 2.31. The first-order valence-electron chi connectivity index (χ1n) is 9.31. The smallest absolute Gasteiger partial charge is 0.325 e. The predicted molar refractivity (Wildman–Crippen MR) is 110 cm³/mol. The van der Waals surface area contributed by atoms with Crippen molar-refractivity contribution in [2.45, 2.75) is 19.6 Å². The molecule has 4 aromatic rings. The molecule has 152 valence electrons. The molecule has 0 fully saturated rings. The summed E-state index contributed by atoms with van der Waals surface area (Å²) >= 11 is 0. The number of alkyl halides is 3. The van der Waals surface area contributed by atoms with Crippen LogP contribution in [-0.4, -0.2) is 15.5 Å². The molecule has 7 heteroatoms. The molecule has 0 aliphatic carbocycles. The van der Waals surface area contributed by atoms with Crippen LogP contribution >= 0.6 is 0 Å². The van der Waals surface area contributed by atoms with Crippen LogP contribution in [0.2, 0.25) is 0 Å². The maximum Gasteiger partial charge on any atom is 0.416 e. The van der Waals surface area contributed by atoms with Crippen LogP contribution in [0, 0.1) is 6.92 Å². The number of benzene rings is 3. The molecule has 0 saturated carbocycles. The Bertz CT molecular complexity index is 1210. The van der Waals surface area contributed by atoms with Gasteiger partial charge in [-0.2, -0.15) is 13.2 Å². The van der Waals surface area contributed by atoms with Crippen molar-refractivity contribution in [3.63, 3.8) is 0 Å². The van der Waals surface area contributed by atoms with Crippen molar-refractivity contribution in [1.29, 1.82) is 0 Å². The lowest BCUT2D eigenvalue weighted by Gasteiger charge is -2.12. The summed E-state index contributed by atoms with van der Waals surface area (Å²) < 4.78 is 40.6. The van der Waals surface area contributed by atoms with Gasteiger partial charge in [0.05, 0.1) is 16.6 Å². The van der Waals surface area contributed by atoms with Gasteiger partial charge < -0.3 is 9.88 Å². The molecule has 0 spiro atoms. The minimum Gasteiger partial charge on any atom is -0.325 e. The Morgan fingerprint density at radius 1 is 1.00 bits per heavy atom. The van der Waals surface area contributed by atoms with E-state index in [2.05, 4.69) is 10.3 Å². The van der Waals surface area contributed by atoms with Crippen molar-refractivity contribution in [2.24, 2.45) is 0 Å². The van der Waals surface area contributed by atoms with Crippen LogP contribution in [0.3, 0.4) is 0 Å². The van der Waals surface area contributed by atoms with Crippen LogP contribution in [0.4, 0.5) is 18.9 Å². The average molecular weight is 409 g/mol. The fourth-order valence-corrected chi connectivity index (χ4v) is 3.28. The van der Waals surface area contributed by atoms with E-state index in [0.717, 1.165) is 34.3 Å². The maximum absolute atomic E-state index is 12.9. The number of nitrogens with one attached hydrogen (secondary N) is 1. The molecule has 0 bridgehead atoms. The highest BCUT2D eigenvalue weighted by molar-refractivity contribution is 5.92. The summed E-state index contributed by atoms with van der Waals surface area (Å²) in [5.41, 5.74) is 2.74. The summed E-state index contributed by atoms with van der Waals surface area (Å²) in [7, 11) is 0. The van der Waals surface area contributed by atoms with Crippen LogP contribution in [0.25, 0.3) is 22.4 Å². The van der Waals surface area contributed by atoms with E-state index in [1.165, 1.54) is 12.1 Å². The third kappa shape index (κ3) is 4.05.